The molecule has 4 N–H and O–H groups in total. The molecule has 13 heteroatoms. The van der Waals surface area contributed by atoms with Crippen LogP contribution in [-0.2, 0) is 13.1 Å². The lowest BCUT2D eigenvalue weighted by atomic mass is 10.0. The van der Waals surface area contributed by atoms with Crippen LogP contribution in [0.5, 0.6) is 5.75 Å². The van der Waals surface area contributed by atoms with Crippen LogP contribution in [0.2, 0.25) is 10.0 Å². The summed E-state index contributed by atoms with van der Waals surface area (Å²) in [5.74, 6) is -1.39. The van der Waals surface area contributed by atoms with Crippen LogP contribution in [0.25, 0.3) is 11.1 Å². The zero-order valence-corrected chi connectivity index (χ0v) is 28.0. The van der Waals surface area contributed by atoms with E-state index in [4.69, 9.17) is 33.0 Å². The summed E-state index contributed by atoms with van der Waals surface area (Å²) in [5.41, 5.74) is 3.43. The summed E-state index contributed by atoms with van der Waals surface area (Å²) in [6.07, 6.45) is 4.47. The van der Waals surface area contributed by atoms with Gasteiger partial charge >= 0.3 is 0 Å². The predicted molar refractivity (Wildman–Crippen MR) is 185 cm³/mol. The number of amides is 2. The van der Waals surface area contributed by atoms with Crippen LogP contribution < -0.4 is 20.7 Å². The lowest BCUT2D eigenvalue weighted by molar-refractivity contribution is 0.101. The van der Waals surface area contributed by atoms with E-state index in [0.717, 1.165) is 44.2 Å². The fourth-order valence-corrected chi connectivity index (χ4v) is 6.99. The van der Waals surface area contributed by atoms with E-state index in [0.29, 0.717) is 22.5 Å². The summed E-state index contributed by atoms with van der Waals surface area (Å²) in [5, 5.41) is 22.7. The van der Waals surface area contributed by atoms with Crippen molar-refractivity contribution in [2.45, 2.75) is 44.8 Å². The molecule has 0 aliphatic carbocycles. The average Bonchev–Trinajstić information content (AvgIpc) is 3.78. The van der Waals surface area contributed by atoms with Crippen LogP contribution in [0.3, 0.4) is 0 Å². The number of likely N-dealkylation sites (tertiary alicyclic amines) is 1. The molecule has 3 heterocycles. The maximum absolute atomic E-state index is 15.0. The van der Waals surface area contributed by atoms with E-state index in [1.165, 1.54) is 26.0 Å². The molecule has 2 aliphatic heterocycles. The third-order valence-electron chi connectivity index (χ3n) is 8.83. The molecule has 1 aromatic heterocycles. The summed E-state index contributed by atoms with van der Waals surface area (Å²) in [7, 11) is 1.39. The van der Waals surface area contributed by atoms with Crippen molar-refractivity contribution in [2.75, 3.05) is 44.0 Å². The molecule has 0 bridgehead atoms. The van der Waals surface area contributed by atoms with Crippen LogP contribution in [-0.4, -0.2) is 65.0 Å². The third-order valence-corrected chi connectivity index (χ3v) is 9.64. The Morgan fingerprint density at radius 2 is 1.62 bits per heavy atom. The number of aliphatic hydroxyl groups excluding tert-OH is 1. The molecule has 2 aliphatic rings. The molecular formula is C35H37Cl2FN6O4. The van der Waals surface area contributed by atoms with Gasteiger partial charge in [0.15, 0.2) is 5.69 Å². The molecule has 48 heavy (non-hydrogen) atoms. The van der Waals surface area contributed by atoms with Gasteiger partial charge in [0.2, 0.25) is 0 Å². The van der Waals surface area contributed by atoms with Gasteiger partial charge in [0.1, 0.15) is 11.6 Å². The van der Waals surface area contributed by atoms with Crippen molar-refractivity contribution >= 4 is 46.4 Å². The highest BCUT2D eigenvalue weighted by atomic mass is 35.5. The fourth-order valence-electron chi connectivity index (χ4n) is 6.44. The van der Waals surface area contributed by atoms with Gasteiger partial charge in [-0.1, -0.05) is 47.5 Å². The highest BCUT2D eigenvalue weighted by Gasteiger charge is 2.30. The summed E-state index contributed by atoms with van der Waals surface area (Å²) >= 11 is 13.7. The number of fused-ring (bicyclic) bond motifs is 1. The number of aromatic nitrogens is 2. The van der Waals surface area contributed by atoms with Gasteiger partial charge < -0.3 is 25.8 Å². The predicted octanol–water partition coefficient (Wildman–Crippen LogP) is 6.52. The van der Waals surface area contributed by atoms with Gasteiger partial charge in [-0.05, 0) is 69.1 Å². The third kappa shape index (κ3) is 7.06. The molecule has 252 valence electrons. The summed E-state index contributed by atoms with van der Waals surface area (Å²) in [4.78, 5) is 29.1. The monoisotopic (exact) mass is 694 g/mol. The maximum atomic E-state index is 15.0. The Kier molecular flexibility index (Phi) is 10.6. The first-order chi connectivity index (χ1) is 23.3. The lowest BCUT2D eigenvalue weighted by Gasteiger charge is -2.31. The van der Waals surface area contributed by atoms with E-state index in [2.05, 4.69) is 25.9 Å². The summed E-state index contributed by atoms with van der Waals surface area (Å²) < 4.78 is 22.2. The summed E-state index contributed by atoms with van der Waals surface area (Å²) in [6, 6.07) is 15.0. The molecule has 10 nitrogen and oxygen atoms in total. The molecule has 1 atom stereocenters. The van der Waals surface area contributed by atoms with Crippen LogP contribution in [0, 0.1) is 5.82 Å². The molecule has 0 saturated carbocycles. The Morgan fingerprint density at radius 3 is 2.27 bits per heavy atom. The van der Waals surface area contributed by atoms with Gasteiger partial charge in [-0.2, -0.15) is 5.10 Å². The number of nitrogens with one attached hydrogen (secondary N) is 3. The number of carbonyl (C=O) groups excluding carboxylic acids is 2. The van der Waals surface area contributed by atoms with Crippen LogP contribution in [0.4, 0.5) is 15.8 Å². The van der Waals surface area contributed by atoms with E-state index in [9.17, 15) is 14.0 Å². The number of carbonyl (C=O) groups is 2. The van der Waals surface area contributed by atoms with E-state index < -0.39 is 11.7 Å². The van der Waals surface area contributed by atoms with E-state index in [-0.39, 0.29) is 64.3 Å². The molecule has 0 spiro atoms. The second kappa shape index (κ2) is 15.0. The van der Waals surface area contributed by atoms with E-state index >= 15 is 0 Å². The normalized spacial score (nSPS) is 16.1. The second-order valence-corrected chi connectivity index (χ2v) is 12.6. The average molecular weight is 696 g/mol. The standard InChI is InChI=1S/C35H37Cl2FN6O4/c1-48-31-18-21(17-25(38)24(31)20-39-12-16-45)34(46)40-26-9-4-7-22(32(26)36)23-8-5-10-27(33(23)37)41-35(47)28-19-30-29(43-13-2-3-14-43)11-6-15-44(30)42-28/h4-5,7-10,17-19,29,39,45H,2-3,6,11-16,20H2,1H3,(H,40,46)(H,41,47). The van der Waals surface area contributed by atoms with Gasteiger partial charge in [-0.3, -0.25) is 19.2 Å². The van der Waals surface area contributed by atoms with Crippen LogP contribution in [0.1, 0.15) is 63.8 Å². The van der Waals surface area contributed by atoms with Gasteiger partial charge in [0.05, 0.1) is 46.9 Å². The number of aliphatic hydroxyl groups is 1. The SMILES string of the molecule is COc1cc(C(=O)Nc2cccc(-c3cccc(NC(=O)c4cc5n(n4)CCCC5N4CCCC4)c3Cl)c2Cl)cc(F)c1CNCCO. The molecule has 4 aromatic rings. The Morgan fingerprint density at radius 1 is 0.958 bits per heavy atom. The first-order valence-corrected chi connectivity index (χ1v) is 16.7. The molecule has 2 amide bonds. The first-order valence-electron chi connectivity index (χ1n) is 16.0. The highest BCUT2D eigenvalue weighted by molar-refractivity contribution is 6.40. The van der Waals surface area contributed by atoms with Crippen molar-refractivity contribution in [3.63, 3.8) is 0 Å². The van der Waals surface area contributed by atoms with Gasteiger partial charge in [0.25, 0.3) is 11.8 Å². The largest absolute Gasteiger partial charge is 0.496 e. The number of anilines is 2. The number of benzene rings is 3. The van der Waals surface area contributed by atoms with Gasteiger partial charge in [-0.15, -0.1) is 0 Å². The Labute approximate surface area is 288 Å². The van der Waals surface area contributed by atoms with Crippen LogP contribution >= 0.6 is 23.2 Å². The zero-order chi connectivity index (χ0) is 33.8. The number of ether oxygens (including phenoxy) is 1. The number of methoxy groups -OCH3 is 1. The smallest absolute Gasteiger partial charge is 0.276 e. The van der Waals surface area contributed by atoms with Crippen molar-refractivity contribution in [2.24, 2.45) is 0 Å². The molecule has 1 saturated heterocycles. The molecule has 0 radical (unpaired) electrons. The van der Waals surface area contributed by atoms with Crippen molar-refractivity contribution in [1.82, 2.24) is 20.0 Å². The van der Waals surface area contributed by atoms with Gasteiger partial charge in [0, 0.05) is 41.9 Å². The Bertz CT molecular complexity index is 1830. The van der Waals surface area contributed by atoms with Crippen molar-refractivity contribution in [1.29, 1.82) is 0 Å². The molecular weight excluding hydrogens is 658 g/mol. The number of halogens is 3. The van der Waals surface area contributed by atoms with Crippen molar-refractivity contribution < 1.29 is 23.8 Å². The number of hydrogen-bond acceptors (Lipinski definition) is 7. The van der Waals surface area contributed by atoms with Gasteiger partial charge in [-0.25, -0.2) is 4.39 Å². The van der Waals surface area contributed by atoms with E-state index in [1.54, 1.807) is 36.4 Å². The lowest BCUT2D eigenvalue weighted by Crippen LogP contribution is -2.30. The Balaban J connectivity index is 1.20. The van der Waals surface area contributed by atoms with E-state index in [1.807, 2.05) is 10.7 Å². The zero-order valence-electron chi connectivity index (χ0n) is 26.5. The van der Waals surface area contributed by atoms with Crippen molar-refractivity contribution in [3.05, 3.63) is 93.0 Å². The number of hydrogen-bond donors (Lipinski definition) is 4. The maximum Gasteiger partial charge on any atom is 0.276 e. The molecule has 1 fully saturated rings. The Hall–Kier alpha value is -4.00. The summed E-state index contributed by atoms with van der Waals surface area (Å²) in [6.45, 7) is 3.22. The number of nitrogens with zero attached hydrogens (tertiary/aromatic N) is 3. The molecule has 3 aromatic carbocycles. The second-order valence-electron chi connectivity index (χ2n) is 11.9. The van der Waals surface area contributed by atoms with Crippen molar-refractivity contribution in [3.8, 4) is 16.9 Å². The minimum atomic E-state index is -0.627. The number of rotatable bonds is 11. The van der Waals surface area contributed by atoms with Crippen LogP contribution in [0.15, 0.2) is 54.6 Å². The fraction of sp³-hybridized carbons (Fsp3) is 0.343. The highest BCUT2D eigenvalue weighted by Crippen LogP contribution is 2.41. The topological polar surface area (TPSA) is 121 Å². The molecule has 6 rings (SSSR count). The molecule has 1 unspecified atom stereocenters. The first kappa shape index (κ1) is 33.9. The quantitative estimate of drug-likeness (QED) is 0.132. The minimum Gasteiger partial charge on any atom is -0.496 e. The number of aryl methyl sites for hydroxylation is 1. The minimum absolute atomic E-state index is 0.0344.